The molecule has 12 heavy (non-hydrogen) atoms. The minimum atomic E-state index is -0.301. The molecule has 0 aromatic rings. The molecule has 2 aliphatic rings. The van der Waals surface area contributed by atoms with Crippen molar-refractivity contribution in [3.05, 3.63) is 0 Å². The molecule has 4 nitrogen and oxygen atoms in total. The van der Waals surface area contributed by atoms with Crippen molar-refractivity contribution >= 4 is 11.9 Å². The molecular formula is C8H11NO3. The maximum absolute atomic E-state index is 10.9. The van der Waals surface area contributed by atoms with E-state index in [9.17, 15) is 9.59 Å². The molecule has 0 spiro atoms. The van der Waals surface area contributed by atoms with Crippen molar-refractivity contribution in [1.82, 2.24) is 5.32 Å². The van der Waals surface area contributed by atoms with Crippen LogP contribution in [0.2, 0.25) is 0 Å². The highest BCUT2D eigenvalue weighted by atomic mass is 16.5. The first-order valence-electron chi connectivity index (χ1n) is 4.09. The average Bonchev–Trinajstić information content (AvgIpc) is 1.97. The maximum Gasteiger partial charge on any atom is 0.302 e. The lowest BCUT2D eigenvalue weighted by Gasteiger charge is -2.55. The van der Waals surface area contributed by atoms with Crippen LogP contribution in [-0.4, -0.2) is 24.0 Å². The molecular weight excluding hydrogens is 158 g/mol. The number of carbonyl (C=O) groups is 2. The molecule has 2 fully saturated rings. The van der Waals surface area contributed by atoms with Crippen LogP contribution in [0.1, 0.15) is 13.8 Å². The number of ether oxygens (including phenoxy) is 1. The van der Waals surface area contributed by atoms with Gasteiger partial charge in [-0.15, -0.1) is 0 Å². The normalized spacial score (nSPS) is 43.3. The Morgan fingerprint density at radius 2 is 2.25 bits per heavy atom. The molecule has 1 aliphatic carbocycles. The third kappa shape index (κ3) is 0.777. The van der Waals surface area contributed by atoms with E-state index in [0.29, 0.717) is 0 Å². The van der Waals surface area contributed by atoms with Crippen molar-refractivity contribution in [2.24, 2.45) is 11.8 Å². The summed E-state index contributed by atoms with van der Waals surface area (Å²) in [6.07, 6.45) is -0.179. The molecule has 0 aromatic carbocycles. The monoisotopic (exact) mass is 169 g/mol. The molecule has 1 saturated heterocycles. The number of hydrogen-bond donors (Lipinski definition) is 1. The molecule has 4 unspecified atom stereocenters. The van der Waals surface area contributed by atoms with Gasteiger partial charge in [-0.25, -0.2) is 0 Å². The van der Waals surface area contributed by atoms with Gasteiger partial charge in [-0.2, -0.15) is 0 Å². The SMILES string of the molecule is CC(=O)OC1C(C)C2NC(=O)C21. The Balaban J connectivity index is 1.99. The summed E-state index contributed by atoms with van der Waals surface area (Å²) in [7, 11) is 0. The number of nitrogens with one attached hydrogen (secondary N) is 1. The third-order valence-electron chi connectivity index (χ3n) is 2.74. The molecule has 1 amide bonds. The summed E-state index contributed by atoms with van der Waals surface area (Å²) < 4.78 is 5.00. The van der Waals surface area contributed by atoms with Gasteiger partial charge in [0.1, 0.15) is 6.10 Å². The molecule has 1 N–H and O–H groups in total. The van der Waals surface area contributed by atoms with Crippen LogP contribution in [0.5, 0.6) is 0 Å². The zero-order chi connectivity index (χ0) is 8.88. The number of piperidine rings is 1. The third-order valence-corrected chi connectivity index (χ3v) is 2.74. The van der Waals surface area contributed by atoms with Gasteiger partial charge in [-0.3, -0.25) is 9.59 Å². The second-order valence-corrected chi connectivity index (χ2v) is 3.49. The number of amides is 1. The Morgan fingerprint density at radius 1 is 1.58 bits per heavy atom. The van der Waals surface area contributed by atoms with Crippen LogP contribution >= 0.6 is 0 Å². The quantitative estimate of drug-likeness (QED) is 0.432. The Bertz CT molecular complexity index is 251. The van der Waals surface area contributed by atoms with Gasteiger partial charge in [0.2, 0.25) is 5.91 Å². The van der Waals surface area contributed by atoms with E-state index in [0.717, 1.165) is 0 Å². The molecule has 1 heterocycles. The Labute approximate surface area is 70.3 Å². The zero-order valence-corrected chi connectivity index (χ0v) is 7.03. The lowest BCUT2D eigenvalue weighted by Crippen LogP contribution is -2.76. The van der Waals surface area contributed by atoms with Crippen LogP contribution in [-0.2, 0) is 14.3 Å². The maximum atomic E-state index is 10.9. The van der Waals surface area contributed by atoms with Crippen LogP contribution in [0.25, 0.3) is 0 Å². The summed E-state index contributed by atoms with van der Waals surface area (Å²) in [6, 6.07) is 0.252. The van der Waals surface area contributed by atoms with Crippen LogP contribution in [0, 0.1) is 11.8 Å². The number of esters is 1. The lowest BCUT2D eigenvalue weighted by molar-refractivity contribution is -0.186. The van der Waals surface area contributed by atoms with E-state index in [-0.39, 0.29) is 35.9 Å². The fraction of sp³-hybridized carbons (Fsp3) is 0.750. The number of rotatable bonds is 1. The van der Waals surface area contributed by atoms with Crippen LogP contribution in [0.15, 0.2) is 0 Å². The Kier molecular flexibility index (Phi) is 1.40. The lowest BCUT2D eigenvalue weighted by atomic mass is 9.62. The molecule has 2 rings (SSSR count). The van der Waals surface area contributed by atoms with Crippen molar-refractivity contribution in [1.29, 1.82) is 0 Å². The zero-order valence-electron chi connectivity index (χ0n) is 7.03. The van der Waals surface area contributed by atoms with Gasteiger partial charge in [0.25, 0.3) is 0 Å². The van der Waals surface area contributed by atoms with Crippen LogP contribution < -0.4 is 5.32 Å². The van der Waals surface area contributed by atoms with E-state index >= 15 is 0 Å². The summed E-state index contributed by atoms with van der Waals surface area (Å²) >= 11 is 0. The van der Waals surface area contributed by atoms with Crippen molar-refractivity contribution in [2.45, 2.75) is 26.0 Å². The largest absolute Gasteiger partial charge is 0.461 e. The van der Waals surface area contributed by atoms with Crippen molar-refractivity contribution in [2.75, 3.05) is 0 Å². The summed E-state index contributed by atoms with van der Waals surface area (Å²) in [6.45, 7) is 3.35. The van der Waals surface area contributed by atoms with Crippen molar-refractivity contribution in [3.8, 4) is 0 Å². The summed E-state index contributed by atoms with van der Waals surface area (Å²) in [5, 5.41) is 2.76. The average molecular weight is 169 g/mol. The minimum Gasteiger partial charge on any atom is -0.461 e. The number of fused-ring (bicyclic) bond motifs is 1. The van der Waals surface area contributed by atoms with Crippen molar-refractivity contribution < 1.29 is 14.3 Å². The van der Waals surface area contributed by atoms with E-state index in [1.54, 1.807) is 0 Å². The summed E-state index contributed by atoms with van der Waals surface area (Å²) in [5.41, 5.74) is 0. The predicted molar refractivity (Wildman–Crippen MR) is 40.1 cm³/mol. The van der Waals surface area contributed by atoms with Crippen LogP contribution in [0.4, 0.5) is 0 Å². The van der Waals surface area contributed by atoms with Gasteiger partial charge < -0.3 is 10.1 Å². The van der Waals surface area contributed by atoms with Gasteiger partial charge in [-0.05, 0) is 0 Å². The molecule has 0 aromatic heterocycles. The highest BCUT2D eigenvalue weighted by Crippen LogP contribution is 2.42. The molecule has 0 radical (unpaired) electrons. The van der Waals surface area contributed by atoms with Crippen LogP contribution in [0.3, 0.4) is 0 Å². The molecule has 4 atom stereocenters. The predicted octanol–water partition coefficient (Wildman–Crippen LogP) is -0.318. The molecule has 66 valence electrons. The van der Waals surface area contributed by atoms with Crippen molar-refractivity contribution in [3.63, 3.8) is 0 Å². The van der Waals surface area contributed by atoms with E-state index < -0.39 is 0 Å². The number of carbonyl (C=O) groups excluding carboxylic acids is 2. The summed E-state index contributed by atoms with van der Waals surface area (Å²) in [4.78, 5) is 21.5. The van der Waals surface area contributed by atoms with E-state index in [1.807, 2.05) is 6.92 Å². The molecule has 1 saturated carbocycles. The fourth-order valence-corrected chi connectivity index (χ4v) is 1.99. The molecule has 1 aliphatic heterocycles. The number of hydrogen-bond acceptors (Lipinski definition) is 3. The first-order valence-corrected chi connectivity index (χ1v) is 4.09. The second-order valence-electron chi connectivity index (χ2n) is 3.49. The minimum absolute atomic E-state index is 0.0179. The van der Waals surface area contributed by atoms with Gasteiger partial charge in [-0.1, -0.05) is 6.92 Å². The second kappa shape index (κ2) is 2.21. The molecule has 0 bridgehead atoms. The highest BCUT2D eigenvalue weighted by Gasteiger charge is 2.61. The van der Waals surface area contributed by atoms with E-state index in [4.69, 9.17) is 4.74 Å². The standard InChI is InChI=1S/C8H11NO3/c1-3-6-5(8(11)9-6)7(3)12-4(2)10/h3,5-7H,1-2H3,(H,9,11). The van der Waals surface area contributed by atoms with E-state index in [2.05, 4.69) is 5.32 Å². The van der Waals surface area contributed by atoms with Gasteiger partial charge in [0.05, 0.1) is 12.0 Å². The topological polar surface area (TPSA) is 55.4 Å². The first kappa shape index (κ1) is 7.58. The first-order chi connectivity index (χ1) is 5.61. The van der Waals surface area contributed by atoms with Gasteiger partial charge in [0, 0.05) is 12.8 Å². The summed E-state index contributed by atoms with van der Waals surface area (Å²) in [5.74, 6) is -0.0742. The Morgan fingerprint density at radius 3 is 2.75 bits per heavy atom. The molecule has 4 heteroatoms. The highest BCUT2D eigenvalue weighted by molar-refractivity contribution is 5.89. The Hall–Kier alpha value is -1.06. The van der Waals surface area contributed by atoms with E-state index in [1.165, 1.54) is 6.92 Å². The van der Waals surface area contributed by atoms with Gasteiger partial charge >= 0.3 is 5.97 Å². The number of β-lactam (4-membered cyclic amide) rings is 1. The smallest absolute Gasteiger partial charge is 0.302 e. The fourth-order valence-electron chi connectivity index (χ4n) is 1.99. The van der Waals surface area contributed by atoms with Gasteiger partial charge in [0.15, 0.2) is 0 Å².